The van der Waals surface area contributed by atoms with Crippen LogP contribution in [-0.2, 0) is 6.42 Å². The van der Waals surface area contributed by atoms with Crippen LogP contribution in [0.4, 0.5) is 4.39 Å². The maximum Gasteiger partial charge on any atom is 0.136 e. The number of thiazole rings is 1. The molecular formula is C13H15FN2S2. The van der Waals surface area contributed by atoms with E-state index in [0.717, 1.165) is 17.1 Å². The van der Waals surface area contributed by atoms with Crippen LogP contribution in [0.25, 0.3) is 0 Å². The fourth-order valence-corrected chi connectivity index (χ4v) is 3.11. The Morgan fingerprint density at radius 2 is 2.22 bits per heavy atom. The topological polar surface area (TPSA) is 38.9 Å². The molecule has 0 bridgehead atoms. The van der Waals surface area contributed by atoms with Crippen molar-refractivity contribution in [3.8, 4) is 0 Å². The van der Waals surface area contributed by atoms with Crippen molar-refractivity contribution in [2.45, 2.75) is 24.3 Å². The summed E-state index contributed by atoms with van der Waals surface area (Å²) >= 11 is 3.09. The van der Waals surface area contributed by atoms with Crippen LogP contribution in [0.3, 0.4) is 0 Å². The van der Waals surface area contributed by atoms with Crippen LogP contribution in [0.2, 0.25) is 0 Å². The molecule has 1 unspecified atom stereocenters. The molecular weight excluding hydrogens is 267 g/mol. The Hall–Kier alpha value is -0.910. The van der Waals surface area contributed by atoms with Gasteiger partial charge in [-0.1, -0.05) is 12.1 Å². The van der Waals surface area contributed by atoms with Gasteiger partial charge in [-0.3, -0.25) is 0 Å². The first-order chi connectivity index (χ1) is 8.65. The molecule has 2 N–H and O–H groups in total. The van der Waals surface area contributed by atoms with Crippen molar-refractivity contribution < 1.29 is 4.39 Å². The molecule has 0 aliphatic heterocycles. The maximum atomic E-state index is 13.4. The summed E-state index contributed by atoms with van der Waals surface area (Å²) in [4.78, 5) is 5.03. The standard InChI is InChI=1S/C13H15FN2S2/c1-9-16-11(8-17-9)6-10(15)7-18-13-5-3-2-4-12(13)14/h2-5,8,10H,6-7,15H2,1H3. The van der Waals surface area contributed by atoms with Gasteiger partial charge in [-0.2, -0.15) is 0 Å². The van der Waals surface area contributed by atoms with Crippen molar-refractivity contribution in [3.05, 3.63) is 46.2 Å². The maximum absolute atomic E-state index is 13.4. The third kappa shape index (κ3) is 3.80. The van der Waals surface area contributed by atoms with Gasteiger partial charge in [-0.05, 0) is 19.1 Å². The highest BCUT2D eigenvalue weighted by atomic mass is 32.2. The second-order valence-corrected chi connectivity index (χ2v) is 6.19. The molecule has 1 aromatic heterocycles. The number of rotatable bonds is 5. The van der Waals surface area contributed by atoms with E-state index in [2.05, 4.69) is 4.98 Å². The SMILES string of the molecule is Cc1nc(CC(N)CSc2ccccc2F)cs1. The number of aromatic nitrogens is 1. The zero-order chi connectivity index (χ0) is 13.0. The van der Waals surface area contributed by atoms with E-state index in [0.29, 0.717) is 10.6 Å². The summed E-state index contributed by atoms with van der Waals surface area (Å²) in [5.41, 5.74) is 7.06. The van der Waals surface area contributed by atoms with Crippen molar-refractivity contribution in [1.82, 2.24) is 4.98 Å². The number of hydrogen-bond donors (Lipinski definition) is 1. The monoisotopic (exact) mass is 282 g/mol. The van der Waals surface area contributed by atoms with Gasteiger partial charge >= 0.3 is 0 Å². The minimum atomic E-state index is -0.181. The summed E-state index contributed by atoms with van der Waals surface area (Å²) in [6, 6.07) is 6.77. The molecule has 0 fully saturated rings. The molecule has 1 heterocycles. The Labute approximate surface area is 114 Å². The molecule has 2 rings (SSSR count). The fourth-order valence-electron chi connectivity index (χ4n) is 1.59. The van der Waals surface area contributed by atoms with Gasteiger partial charge in [0.1, 0.15) is 5.82 Å². The molecule has 1 aromatic carbocycles. The van der Waals surface area contributed by atoms with Gasteiger partial charge in [-0.15, -0.1) is 23.1 Å². The van der Waals surface area contributed by atoms with Crippen LogP contribution < -0.4 is 5.73 Å². The average Bonchev–Trinajstić information content (AvgIpc) is 2.74. The lowest BCUT2D eigenvalue weighted by Gasteiger charge is -2.09. The van der Waals surface area contributed by atoms with Gasteiger partial charge in [0.25, 0.3) is 0 Å². The second-order valence-electron chi connectivity index (χ2n) is 4.06. The Morgan fingerprint density at radius 1 is 1.44 bits per heavy atom. The summed E-state index contributed by atoms with van der Waals surface area (Å²) in [5.74, 6) is 0.511. The van der Waals surface area contributed by atoms with E-state index in [1.807, 2.05) is 18.4 Å². The quantitative estimate of drug-likeness (QED) is 0.856. The molecule has 0 spiro atoms. The number of nitrogens with zero attached hydrogens (tertiary/aromatic N) is 1. The predicted molar refractivity (Wildman–Crippen MR) is 75.7 cm³/mol. The number of aryl methyl sites for hydroxylation is 1. The molecule has 5 heteroatoms. The van der Waals surface area contributed by atoms with Crippen LogP contribution in [0.15, 0.2) is 34.5 Å². The van der Waals surface area contributed by atoms with E-state index >= 15 is 0 Å². The van der Waals surface area contributed by atoms with Crippen molar-refractivity contribution in [1.29, 1.82) is 0 Å². The molecule has 2 aromatic rings. The fraction of sp³-hybridized carbons (Fsp3) is 0.308. The lowest BCUT2D eigenvalue weighted by atomic mass is 10.2. The van der Waals surface area contributed by atoms with Gasteiger partial charge in [0.2, 0.25) is 0 Å². The average molecular weight is 282 g/mol. The molecule has 18 heavy (non-hydrogen) atoms. The van der Waals surface area contributed by atoms with Gasteiger partial charge in [-0.25, -0.2) is 9.37 Å². The Balaban J connectivity index is 1.85. The van der Waals surface area contributed by atoms with Crippen molar-refractivity contribution >= 4 is 23.1 Å². The van der Waals surface area contributed by atoms with Crippen LogP contribution >= 0.6 is 23.1 Å². The van der Waals surface area contributed by atoms with Crippen LogP contribution in [0, 0.1) is 12.7 Å². The van der Waals surface area contributed by atoms with Crippen LogP contribution in [0.5, 0.6) is 0 Å². The highest BCUT2D eigenvalue weighted by Crippen LogP contribution is 2.22. The van der Waals surface area contributed by atoms with E-state index in [1.165, 1.54) is 17.8 Å². The van der Waals surface area contributed by atoms with Crippen molar-refractivity contribution in [2.24, 2.45) is 5.73 Å². The van der Waals surface area contributed by atoms with Gasteiger partial charge in [0, 0.05) is 28.5 Å². The van der Waals surface area contributed by atoms with Crippen molar-refractivity contribution in [2.75, 3.05) is 5.75 Å². The highest BCUT2D eigenvalue weighted by Gasteiger charge is 2.09. The van der Waals surface area contributed by atoms with E-state index in [1.54, 1.807) is 23.5 Å². The zero-order valence-corrected chi connectivity index (χ0v) is 11.7. The molecule has 0 aliphatic rings. The normalized spacial score (nSPS) is 12.6. The molecule has 0 amide bonds. The summed E-state index contributed by atoms with van der Waals surface area (Å²) in [6.07, 6.45) is 0.742. The first-order valence-electron chi connectivity index (χ1n) is 5.69. The number of nitrogens with two attached hydrogens (primary N) is 1. The largest absolute Gasteiger partial charge is 0.327 e. The van der Waals surface area contributed by atoms with Crippen LogP contribution in [0.1, 0.15) is 10.7 Å². The summed E-state index contributed by atoms with van der Waals surface area (Å²) in [6.45, 7) is 1.98. The molecule has 0 saturated carbocycles. The molecule has 0 saturated heterocycles. The lowest BCUT2D eigenvalue weighted by molar-refractivity contribution is 0.601. The second kappa shape index (κ2) is 6.31. The summed E-state index contributed by atoms with van der Waals surface area (Å²) in [7, 11) is 0. The Bertz CT molecular complexity index is 513. The Morgan fingerprint density at radius 3 is 2.89 bits per heavy atom. The molecule has 96 valence electrons. The molecule has 1 atom stereocenters. The molecule has 0 radical (unpaired) electrons. The van der Waals surface area contributed by atoms with Crippen LogP contribution in [-0.4, -0.2) is 16.8 Å². The van der Waals surface area contributed by atoms with E-state index < -0.39 is 0 Å². The third-order valence-corrected chi connectivity index (χ3v) is 4.49. The van der Waals surface area contributed by atoms with Gasteiger partial charge in [0.05, 0.1) is 10.7 Å². The number of thioether (sulfide) groups is 1. The first kappa shape index (κ1) is 13.5. The Kier molecular flexibility index (Phi) is 4.74. The molecule has 2 nitrogen and oxygen atoms in total. The van der Waals surface area contributed by atoms with E-state index in [4.69, 9.17) is 5.73 Å². The third-order valence-electron chi connectivity index (χ3n) is 2.43. The lowest BCUT2D eigenvalue weighted by Crippen LogP contribution is -2.25. The number of benzene rings is 1. The molecule has 0 aliphatic carbocycles. The predicted octanol–water partition coefficient (Wildman–Crippen LogP) is 3.25. The smallest absolute Gasteiger partial charge is 0.136 e. The minimum absolute atomic E-state index is 0.00361. The number of hydrogen-bond acceptors (Lipinski definition) is 4. The van der Waals surface area contributed by atoms with E-state index in [-0.39, 0.29) is 11.9 Å². The van der Waals surface area contributed by atoms with Crippen molar-refractivity contribution in [3.63, 3.8) is 0 Å². The zero-order valence-electron chi connectivity index (χ0n) is 10.1. The van der Waals surface area contributed by atoms with E-state index in [9.17, 15) is 4.39 Å². The first-order valence-corrected chi connectivity index (χ1v) is 7.55. The van der Waals surface area contributed by atoms with Gasteiger partial charge < -0.3 is 5.73 Å². The summed E-state index contributed by atoms with van der Waals surface area (Å²) < 4.78 is 13.4. The summed E-state index contributed by atoms with van der Waals surface area (Å²) in [5, 5.41) is 3.09. The highest BCUT2D eigenvalue weighted by molar-refractivity contribution is 7.99. The van der Waals surface area contributed by atoms with Gasteiger partial charge in [0.15, 0.2) is 0 Å². The number of halogens is 1. The minimum Gasteiger partial charge on any atom is -0.327 e.